The fourth-order valence-corrected chi connectivity index (χ4v) is 2.36. The van der Waals surface area contributed by atoms with Crippen LogP contribution in [0.1, 0.15) is 25.3 Å². The van der Waals surface area contributed by atoms with Crippen LogP contribution in [0.25, 0.3) is 0 Å². The minimum Gasteiger partial charge on any atom is -0.357 e. The molecule has 2 N–H and O–H groups in total. The van der Waals surface area contributed by atoms with E-state index in [1.807, 2.05) is 38.2 Å². The maximum absolute atomic E-state index is 11.6. The van der Waals surface area contributed by atoms with Gasteiger partial charge in [-0.25, -0.2) is 0 Å². The lowest BCUT2D eigenvalue weighted by Gasteiger charge is -2.22. The van der Waals surface area contributed by atoms with Crippen molar-refractivity contribution < 1.29 is 4.79 Å². The number of carbonyl (C=O) groups is 1. The number of carbonyl (C=O) groups excluding carboxylic acids is 1. The van der Waals surface area contributed by atoms with Gasteiger partial charge in [0.1, 0.15) is 0 Å². The number of hydrogen-bond donors (Lipinski definition) is 2. The normalized spacial score (nSPS) is 14.5. The molecule has 0 radical (unpaired) electrons. The van der Waals surface area contributed by atoms with Crippen LogP contribution in [0.4, 0.5) is 0 Å². The molecule has 5 nitrogen and oxygen atoms in total. The molecule has 1 amide bonds. The van der Waals surface area contributed by atoms with Gasteiger partial charge in [0.15, 0.2) is 5.96 Å². The fourth-order valence-electron chi connectivity index (χ4n) is 2.24. The number of guanidine groups is 1. The van der Waals surface area contributed by atoms with Crippen LogP contribution in [0, 0.1) is 5.92 Å². The molecule has 1 aromatic rings. The van der Waals surface area contributed by atoms with Gasteiger partial charge >= 0.3 is 0 Å². The highest BCUT2D eigenvalue weighted by Gasteiger charge is 2.28. The van der Waals surface area contributed by atoms with Gasteiger partial charge in [0.2, 0.25) is 5.91 Å². The first-order valence-corrected chi connectivity index (χ1v) is 8.49. The molecule has 0 bridgehead atoms. The quantitative estimate of drug-likeness (QED) is 0.456. The molecule has 1 saturated carbocycles. The lowest BCUT2D eigenvalue weighted by atomic mass is 10.2. The molecular weight excluding hydrogens is 312 g/mol. The predicted molar refractivity (Wildman–Crippen MR) is 94.6 cm³/mol. The van der Waals surface area contributed by atoms with Crippen molar-refractivity contribution in [2.24, 2.45) is 10.9 Å². The number of rotatable bonds is 7. The molecule has 0 spiro atoms. The summed E-state index contributed by atoms with van der Waals surface area (Å²) < 4.78 is 0. The lowest BCUT2D eigenvalue weighted by molar-refractivity contribution is -0.122. The molecule has 1 fully saturated rings. The van der Waals surface area contributed by atoms with E-state index in [9.17, 15) is 4.79 Å². The van der Waals surface area contributed by atoms with Gasteiger partial charge in [0.25, 0.3) is 0 Å². The number of nitrogens with one attached hydrogen (secondary N) is 2. The number of hydrogen-bond acceptors (Lipinski definition) is 2. The Labute approximate surface area is 143 Å². The molecule has 0 saturated heterocycles. The third-order valence-electron chi connectivity index (χ3n) is 3.65. The highest BCUT2D eigenvalue weighted by molar-refractivity contribution is 6.30. The summed E-state index contributed by atoms with van der Waals surface area (Å²) in [5.74, 6) is 1.25. The monoisotopic (exact) mass is 336 g/mol. The molecule has 6 heteroatoms. The van der Waals surface area contributed by atoms with Gasteiger partial charge < -0.3 is 15.5 Å². The first kappa shape index (κ1) is 17.6. The maximum atomic E-state index is 11.6. The molecule has 126 valence electrons. The van der Waals surface area contributed by atoms with Crippen LogP contribution in [0.2, 0.25) is 5.02 Å². The second kappa shape index (κ2) is 8.77. The summed E-state index contributed by atoms with van der Waals surface area (Å²) in [6.45, 7) is 4.75. The summed E-state index contributed by atoms with van der Waals surface area (Å²) in [4.78, 5) is 18.2. The van der Waals surface area contributed by atoms with Crippen LogP contribution < -0.4 is 10.6 Å². The average Bonchev–Trinajstić information content (AvgIpc) is 3.37. The van der Waals surface area contributed by atoms with E-state index in [-0.39, 0.29) is 11.8 Å². The van der Waals surface area contributed by atoms with Crippen LogP contribution in [-0.2, 0) is 11.3 Å². The summed E-state index contributed by atoms with van der Waals surface area (Å²) >= 11 is 5.91. The van der Waals surface area contributed by atoms with E-state index in [2.05, 4.69) is 20.5 Å². The van der Waals surface area contributed by atoms with Gasteiger partial charge in [-0.2, -0.15) is 0 Å². The van der Waals surface area contributed by atoms with Gasteiger partial charge in [0.05, 0.1) is 6.54 Å². The van der Waals surface area contributed by atoms with Gasteiger partial charge in [-0.15, -0.1) is 0 Å². The molecule has 0 heterocycles. The zero-order valence-electron chi connectivity index (χ0n) is 13.8. The molecule has 0 unspecified atom stereocenters. The number of nitrogens with zero attached hydrogens (tertiary/aromatic N) is 2. The van der Waals surface area contributed by atoms with E-state index < -0.39 is 0 Å². The van der Waals surface area contributed by atoms with Crippen molar-refractivity contribution in [2.45, 2.75) is 26.3 Å². The SMILES string of the molecule is CCNC(=NCCNC(=O)C1CC1)N(C)Cc1ccc(Cl)cc1. The Hall–Kier alpha value is -1.75. The second-order valence-corrected chi connectivity index (χ2v) is 6.22. The Morgan fingerprint density at radius 1 is 1.30 bits per heavy atom. The molecule has 1 aliphatic rings. The summed E-state index contributed by atoms with van der Waals surface area (Å²) in [6, 6.07) is 7.81. The van der Waals surface area contributed by atoms with E-state index in [0.717, 1.165) is 36.9 Å². The Kier molecular flexibility index (Phi) is 6.71. The van der Waals surface area contributed by atoms with Gasteiger partial charge in [-0.3, -0.25) is 9.79 Å². The Morgan fingerprint density at radius 3 is 2.61 bits per heavy atom. The first-order chi connectivity index (χ1) is 11.1. The van der Waals surface area contributed by atoms with Crippen molar-refractivity contribution in [1.29, 1.82) is 0 Å². The maximum Gasteiger partial charge on any atom is 0.223 e. The number of halogens is 1. The highest BCUT2D eigenvalue weighted by Crippen LogP contribution is 2.28. The van der Waals surface area contributed by atoms with E-state index >= 15 is 0 Å². The topological polar surface area (TPSA) is 56.7 Å². The molecule has 23 heavy (non-hydrogen) atoms. The summed E-state index contributed by atoms with van der Waals surface area (Å²) in [6.07, 6.45) is 2.06. The second-order valence-electron chi connectivity index (χ2n) is 5.78. The zero-order valence-corrected chi connectivity index (χ0v) is 14.6. The van der Waals surface area contributed by atoms with Crippen LogP contribution in [0.5, 0.6) is 0 Å². The Bertz CT molecular complexity index is 540. The molecule has 0 aromatic heterocycles. The van der Waals surface area contributed by atoms with Crippen molar-refractivity contribution in [3.8, 4) is 0 Å². The molecular formula is C17H25ClN4O. The highest BCUT2D eigenvalue weighted by atomic mass is 35.5. The van der Waals surface area contributed by atoms with Crippen molar-refractivity contribution in [1.82, 2.24) is 15.5 Å². The van der Waals surface area contributed by atoms with Crippen molar-refractivity contribution in [3.63, 3.8) is 0 Å². The summed E-state index contributed by atoms with van der Waals surface area (Å²) in [5, 5.41) is 6.94. The standard InChI is InChI=1S/C17H25ClN4O/c1-3-19-17(21-11-10-20-16(23)14-6-7-14)22(2)12-13-4-8-15(18)9-5-13/h4-5,8-9,14H,3,6-7,10-12H2,1-2H3,(H,19,21)(H,20,23). The van der Waals surface area contributed by atoms with Crippen LogP contribution in [0.15, 0.2) is 29.3 Å². The average molecular weight is 337 g/mol. The Balaban J connectivity index is 1.83. The van der Waals surface area contributed by atoms with Crippen molar-refractivity contribution in [3.05, 3.63) is 34.9 Å². The third-order valence-corrected chi connectivity index (χ3v) is 3.90. The van der Waals surface area contributed by atoms with E-state index in [1.165, 1.54) is 5.56 Å². The molecule has 2 rings (SSSR count). The Morgan fingerprint density at radius 2 is 2.00 bits per heavy atom. The van der Waals surface area contributed by atoms with E-state index in [4.69, 9.17) is 11.6 Å². The first-order valence-electron chi connectivity index (χ1n) is 8.11. The molecule has 0 aliphatic heterocycles. The predicted octanol–water partition coefficient (Wildman–Crippen LogP) is 2.26. The van der Waals surface area contributed by atoms with Gasteiger partial charge in [0, 0.05) is 37.6 Å². The smallest absolute Gasteiger partial charge is 0.223 e. The fraction of sp³-hybridized carbons (Fsp3) is 0.529. The summed E-state index contributed by atoms with van der Waals surface area (Å²) in [7, 11) is 2.00. The van der Waals surface area contributed by atoms with Crippen LogP contribution in [0.3, 0.4) is 0 Å². The minimum atomic E-state index is 0.166. The third kappa shape index (κ3) is 6.10. The number of aliphatic imine (C=N–C) groups is 1. The van der Waals surface area contributed by atoms with Gasteiger partial charge in [-0.1, -0.05) is 23.7 Å². The molecule has 1 aromatic carbocycles. The lowest BCUT2D eigenvalue weighted by Crippen LogP contribution is -2.39. The number of benzene rings is 1. The van der Waals surface area contributed by atoms with Crippen molar-refractivity contribution in [2.75, 3.05) is 26.7 Å². The van der Waals surface area contributed by atoms with E-state index in [0.29, 0.717) is 13.1 Å². The van der Waals surface area contributed by atoms with Crippen molar-refractivity contribution >= 4 is 23.5 Å². The zero-order chi connectivity index (χ0) is 16.7. The largest absolute Gasteiger partial charge is 0.357 e. The van der Waals surface area contributed by atoms with Crippen LogP contribution >= 0.6 is 11.6 Å². The summed E-state index contributed by atoms with van der Waals surface area (Å²) in [5.41, 5.74) is 1.17. The number of amides is 1. The van der Waals surface area contributed by atoms with Crippen LogP contribution in [-0.4, -0.2) is 43.4 Å². The molecule has 0 atom stereocenters. The van der Waals surface area contributed by atoms with Gasteiger partial charge in [-0.05, 0) is 37.5 Å². The van der Waals surface area contributed by atoms with E-state index in [1.54, 1.807) is 0 Å². The minimum absolute atomic E-state index is 0.166. The molecule has 1 aliphatic carbocycles.